The Morgan fingerprint density at radius 2 is 1.65 bits per heavy atom. The molecule has 4 aromatic carbocycles. The average Bonchev–Trinajstić information content (AvgIpc) is 3.25. The fourth-order valence-corrected chi connectivity index (χ4v) is 3.76. The van der Waals surface area contributed by atoms with Crippen molar-refractivity contribution in [3.63, 3.8) is 0 Å². The van der Waals surface area contributed by atoms with Gasteiger partial charge in [-0.05, 0) is 29.8 Å². The summed E-state index contributed by atoms with van der Waals surface area (Å²) in [5.74, 6) is 1.89. The van der Waals surface area contributed by atoms with E-state index in [1.165, 1.54) is 7.11 Å². The Kier molecular flexibility index (Phi) is 5.99. The molecule has 5 aromatic rings. The molecule has 0 aliphatic rings. The maximum Gasteiger partial charge on any atom is 0.160 e. The number of aromatic hydroxyl groups is 1. The molecule has 0 unspecified atom stereocenters. The fourth-order valence-electron chi connectivity index (χ4n) is 3.76. The summed E-state index contributed by atoms with van der Waals surface area (Å²) in [7, 11) is 1.51. The summed E-state index contributed by atoms with van der Waals surface area (Å²) in [5, 5.41) is 11.0. The van der Waals surface area contributed by atoms with Crippen LogP contribution in [0.2, 0.25) is 0 Å². The van der Waals surface area contributed by atoms with Crippen molar-refractivity contribution in [1.29, 1.82) is 0 Å². The summed E-state index contributed by atoms with van der Waals surface area (Å²) >= 11 is 0. The SMILES string of the molecule is COc1ccc(N=Cc2c(-c3ccccc3)oc3cc(OCc4ccccc4)ccc23)cc1O. The second-order valence-corrected chi connectivity index (χ2v) is 7.76. The molecule has 5 rings (SSSR count). The molecule has 34 heavy (non-hydrogen) atoms. The monoisotopic (exact) mass is 449 g/mol. The molecule has 5 heteroatoms. The van der Waals surface area contributed by atoms with Crippen LogP contribution in [0.25, 0.3) is 22.3 Å². The molecule has 0 saturated heterocycles. The van der Waals surface area contributed by atoms with Gasteiger partial charge in [0.2, 0.25) is 0 Å². The van der Waals surface area contributed by atoms with Gasteiger partial charge >= 0.3 is 0 Å². The molecule has 0 aliphatic heterocycles. The first-order valence-corrected chi connectivity index (χ1v) is 10.9. The van der Waals surface area contributed by atoms with Crippen molar-refractivity contribution in [2.24, 2.45) is 4.99 Å². The van der Waals surface area contributed by atoms with Gasteiger partial charge in [0.15, 0.2) is 11.5 Å². The van der Waals surface area contributed by atoms with Crippen molar-refractivity contribution in [2.45, 2.75) is 6.61 Å². The van der Waals surface area contributed by atoms with Crippen LogP contribution in [0.1, 0.15) is 11.1 Å². The quantitative estimate of drug-likeness (QED) is 0.268. The minimum Gasteiger partial charge on any atom is -0.504 e. The molecular formula is C29H23NO4. The summed E-state index contributed by atoms with van der Waals surface area (Å²) in [6.45, 7) is 0.480. The number of phenols is 1. The molecule has 1 aromatic heterocycles. The molecule has 0 atom stereocenters. The molecule has 1 N–H and O–H groups in total. The predicted molar refractivity (Wildman–Crippen MR) is 134 cm³/mol. The first-order chi connectivity index (χ1) is 16.7. The van der Waals surface area contributed by atoms with Crippen molar-refractivity contribution in [1.82, 2.24) is 0 Å². The normalized spacial score (nSPS) is 11.2. The van der Waals surface area contributed by atoms with Crippen LogP contribution in [0.3, 0.4) is 0 Å². The van der Waals surface area contributed by atoms with Gasteiger partial charge in [-0.2, -0.15) is 0 Å². The van der Waals surface area contributed by atoms with Gasteiger partial charge in [0.25, 0.3) is 0 Å². The highest BCUT2D eigenvalue weighted by molar-refractivity contribution is 6.05. The summed E-state index contributed by atoms with van der Waals surface area (Å²) in [5.41, 5.74) is 4.22. The van der Waals surface area contributed by atoms with E-state index in [2.05, 4.69) is 4.99 Å². The minimum atomic E-state index is 0.0395. The van der Waals surface area contributed by atoms with E-state index in [9.17, 15) is 5.11 Å². The molecule has 0 amide bonds. The maximum absolute atomic E-state index is 10.1. The number of furan rings is 1. The van der Waals surface area contributed by atoms with Crippen molar-refractivity contribution in [3.05, 3.63) is 108 Å². The molecule has 0 aliphatic carbocycles. The lowest BCUT2D eigenvalue weighted by Crippen LogP contribution is -1.94. The van der Waals surface area contributed by atoms with Crippen LogP contribution in [0.15, 0.2) is 106 Å². The van der Waals surface area contributed by atoms with Gasteiger partial charge in [0.05, 0.1) is 12.8 Å². The predicted octanol–water partition coefficient (Wildman–Crippen LogP) is 7.14. The van der Waals surface area contributed by atoms with Gasteiger partial charge in [-0.1, -0.05) is 60.7 Å². The second kappa shape index (κ2) is 9.55. The summed E-state index contributed by atoms with van der Waals surface area (Å²) in [4.78, 5) is 4.59. The molecule has 0 saturated carbocycles. The Labute approximate surface area is 197 Å². The van der Waals surface area contributed by atoms with Gasteiger partial charge in [0.1, 0.15) is 23.7 Å². The smallest absolute Gasteiger partial charge is 0.160 e. The molecular weight excluding hydrogens is 426 g/mol. The summed E-state index contributed by atoms with van der Waals surface area (Å²) in [6, 6.07) is 30.8. The van der Waals surface area contributed by atoms with Crippen molar-refractivity contribution >= 4 is 22.9 Å². The third kappa shape index (κ3) is 4.50. The standard InChI is InChI=1S/C29H23NO4/c1-32-27-15-12-22(16-26(27)31)30-18-25-24-14-13-23(33-19-20-8-4-2-5-9-20)17-28(24)34-29(25)21-10-6-3-7-11-21/h2-18,31H,19H2,1H3. The van der Waals surface area contributed by atoms with Crippen LogP contribution in [0.5, 0.6) is 17.2 Å². The second-order valence-electron chi connectivity index (χ2n) is 7.76. The maximum atomic E-state index is 10.1. The number of nitrogens with zero attached hydrogens (tertiary/aromatic N) is 1. The van der Waals surface area contributed by atoms with E-state index in [4.69, 9.17) is 13.9 Å². The Morgan fingerprint density at radius 1 is 0.882 bits per heavy atom. The highest BCUT2D eigenvalue weighted by Crippen LogP contribution is 2.35. The Hall–Kier alpha value is -4.51. The lowest BCUT2D eigenvalue weighted by atomic mass is 10.1. The van der Waals surface area contributed by atoms with Gasteiger partial charge in [-0.15, -0.1) is 0 Å². The van der Waals surface area contributed by atoms with Crippen LogP contribution in [-0.4, -0.2) is 18.4 Å². The number of aliphatic imine (C=N–C) groups is 1. The van der Waals surface area contributed by atoms with Crippen molar-refractivity contribution < 1.29 is 19.0 Å². The van der Waals surface area contributed by atoms with E-state index in [1.807, 2.05) is 78.9 Å². The van der Waals surface area contributed by atoms with Crippen molar-refractivity contribution in [2.75, 3.05) is 7.11 Å². The van der Waals surface area contributed by atoms with Gasteiger partial charge in [0, 0.05) is 34.9 Å². The third-order valence-electron chi connectivity index (χ3n) is 5.49. The number of benzene rings is 4. The van der Waals surface area contributed by atoms with Gasteiger partial charge in [-0.25, -0.2) is 0 Å². The average molecular weight is 450 g/mol. The third-order valence-corrected chi connectivity index (χ3v) is 5.49. The zero-order chi connectivity index (χ0) is 23.3. The van der Waals surface area contributed by atoms with Crippen LogP contribution in [0.4, 0.5) is 5.69 Å². The first kappa shape index (κ1) is 21.3. The molecule has 168 valence electrons. The first-order valence-electron chi connectivity index (χ1n) is 10.9. The van der Waals surface area contributed by atoms with Gasteiger partial charge < -0.3 is 19.0 Å². The Balaban J connectivity index is 1.51. The summed E-state index contributed by atoms with van der Waals surface area (Å²) < 4.78 is 17.4. The Bertz CT molecular complexity index is 1440. The van der Waals surface area contributed by atoms with E-state index < -0.39 is 0 Å². The number of rotatable bonds is 7. The number of methoxy groups -OCH3 is 1. The number of phenolic OH excluding ortho intramolecular Hbond substituents is 1. The van der Waals surface area contributed by atoms with E-state index in [-0.39, 0.29) is 5.75 Å². The lowest BCUT2D eigenvalue weighted by Gasteiger charge is -2.06. The zero-order valence-electron chi connectivity index (χ0n) is 18.6. The number of hydrogen-bond donors (Lipinski definition) is 1. The van der Waals surface area contributed by atoms with E-state index in [1.54, 1.807) is 24.4 Å². The number of ether oxygens (including phenoxy) is 2. The topological polar surface area (TPSA) is 64.2 Å². The molecule has 1 heterocycles. The van der Waals surface area contributed by atoms with Crippen molar-refractivity contribution in [3.8, 4) is 28.6 Å². The van der Waals surface area contributed by atoms with Crippen LogP contribution < -0.4 is 9.47 Å². The van der Waals surface area contributed by atoms with Crippen LogP contribution in [0, 0.1) is 0 Å². The molecule has 0 radical (unpaired) electrons. The highest BCUT2D eigenvalue weighted by atomic mass is 16.5. The molecule has 5 nitrogen and oxygen atoms in total. The largest absolute Gasteiger partial charge is 0.504 e. The number of fused-ring (bicyclic) bond motifs is 1. The van der Waals surface area contributed by atoms with E-state index in [0.717, 1.165) is 33.6 Å². The molecule has 0 bridgehead atoms. The van der Waals surface area contributed by atoms with E-state index >= 15 is 0 Å². The molecule has 0 spiro atoms. The minimum absolute atomic E-state index is 0.0395. The zero-order valence-corrected chi connectivity index (χ0v) is 18.6. The van der Waals surface area contributed by atoms with E-state index in [0.29, 0.717) is 23.6 Å². The fraction of sp³-hybridized carbons (Fsp3) is 0.0690. The number of hydrogen-bond acceptors (Lipinski definition) is 5. The lowest BCUT2D eigenvalue weighted by molar-refractivity contribution is 0.306. The van der Waals surface area contributed by atoms with Gasteiger partial charge in [-0.3, -0.25) is 4.99 Å². The summed E-state index contributed by atoms with van der Waals surface area (Å²) in [6.07, 6.45) is 1.76. The molecule has 0 fully saturated rings. The Morgan fingerprint density at radius 3 is 2.38 bits per heavy atom. The van der Waals surface area contributed by atoms with Crippen LogP contribution >= 0.6 is 0 Å². The van der Waals surface area contributed by atoms with Crippen LogP contribution in [-0.2, 0) is 6.61 Å². The highest BCUT2D eigenvalue weighted by Gasteiger charge is 2.15.